The van der Waals surface area contributed by atoms with E-state index in [1.54, 1.807) is 0 Å². The predicted octanol–water partition coefficient (Wildman–Crippen LogP) is 2.81. The van der Waals surface area contributed by atoms with E-state index in [1.807, 2.05) is 23.5 Å². The van der Waals surface area contributed by atoms with Crippen LogP contribution in [0.1, 0.15) is 40.0 Å². The highest BCUT2D eigenvalue weighted by Crippen LogP contribution is 2.28. The first-order chi connectivity index (χ1) is 9.63. The molecule has 2 aliphatic rings. The molecule has 20 heavy (non-hydrogen) atoms. The normalized spacial score (nSPS) is 31.3. The molecule has 0 saturated carbocycles. The zero-order valence-corrected chi connectivity index (χ0v) is 14.6. The minimum atomic E-state index is 0.0589. The molecular formula is C15H28N2OS2. The van der Waals surface area contributed by atoms with E-state index in [-0.39, 0.29) is 12.2 Å². The van der Waals surface area contributed by atoms with E-state index < -0.39 is 0 Å². The molecule has 3 atom stereocenters. The summed E-state index contributed by atoms with van der Waals surface area (Å²) in [5.74, 6) is 4.51. The van der Waals surface area contributed by atoms with Crippen molar-refractivity contribution in [3.63, 3.8) is 0 Å². The number of rotatable bonds is 6. The van der Waals surface area contributed by atoms with Crippen molar-refractivity contribution in [1.29, 1.82) is 0 Å². The average Bonchev–Trinajstić information content (AvgIpc) is 2.75. The van der Waals surface area contributed by atoms with Crippen molar-refractivity contribution < 1.29 is 4.79 Å². The summed E-state index contributed by atoms with van der Waals surface area (Å²) in [5.41, 5.74) is 0. The van der Waals surface area contributed by atoms with Gasteiger partial charge < -0.3 is 4.90 Å². The minimum Gasteiger partial charge on any atom is -0.324 e. The molecule has 5 heteroatoms. The van der Waals surface area contributed by atoms with Crippen molar-refractivity contribution in [3.8, 4) is 0 Å². The van der Waals surface area contributed by atoms with Gasteiger partial charge in [-0.2, -0.15) is 23.5 Å². The molecule has 1 N–H and O–H groups in total. The molecule has 0 aliphatic carbocycles. The van der Waals surface area contributed by atoms with Crippen LogP contribution in [0.25, 0.3) is 0 Å². The van der Waals surface area contributed by atoms with Gasteiger partial charge in [-0.1, -0.05) is 33.6 Å². The van der Waals surface area contributed by atoms with Crippen LogP contribution in [0.2, 0.25) is 0 Å². The van der Waals surface area contributed by atoms with Crippen molar-refractivity contribution in [2.24, 2.45) is 5.92 Å². The van der Waals surface area contributed by atoms with Crippen LogP contribution in [-0.4, -0.2) is 52.1 Å². The summed E-state index contributed by atoms with van der Waals surface area (Å²) >= 11 is 4.08. The van der Waals surface area contributed by atoms with Crippen LogP contribution in [0.4, 0.5) is 0 Å². The van der Waals surface area contributed by atoms with Gasteiger partial charge in [0.1, 0.15) is 0 Å². The van der Waals surface area contributed by atoms with E-state index >= 15 is 0 Å². The SMILES string of the molecule is CCCCC1NC(C(C)C)N(CC2CSCCS2)C1=O. The lowest BCUT2D eigenvalue weighted by molar-refractivity contribution is -0.130. The van der Waals surface area contributed by atoms with Crippen molar-refractivity contribution >= 4 is 29.4 Å². The number of nitrogens with zero attached hydrogens (tertiary/aromatic N) is 1. The molecule has 3 unspecified atom stereocenters. The van der Waals surface area contributed by atoms with Crippen LogP contribution < -0.4 is 5.32 Å². The highest BCUT2D eigenvalue weighted by Gasteiger charge is 2.40. The molecule has 116 valence electrons. The highest BCUT2D eigenvalue weighted by molar-refractivity contribution is 8.06. The molecule has 2 fully saturated rings. The molecule has 2 saturated heterocycles. The second kappa shape index (κ2) is 7.95. The van der Waals surface area contributed by atoms with Gasteiger partial charge in [-0.05, 0) is 12.3 Å². The number of nitrogens with one attached hydrogen (secondary N) is 1. The van der Waals surface area contributed by atoms with Crippen LogP contribution in [0, 0.1) is 5.92 Å². The average molecular weight is 317 g/mol. The summed E-state index contributed by atoms with van der Waals surface area (Å²) in [5, 5.41) is 4.19. The highest BCUT2D eigenvalue weighted by atomic mass is 32.2. The fourth-order valence-corrected chi connectivity index (χ4v) is 5.60. The first-order valence-electron chi connectivity index (χ1n) is 7.89. The summed E-state index contributed by atoms with van der Waals surface area (Å²) in [6, 6.07) is 0.0589. The van der Waals surface area contributed by atoms with Crippen LogP contribution in [0.5, 0.6) is 0 Å². The zero-order chi connectivity index (χ0) is 14.5. The quantitative estimate of drug-likeness (QED) is 0.817. The van der Waals surface area contributed by atoms with Gasteiger partial charge in [0.15, 0.2) is 0 Å². The standard InChI is InChI=1S/C15H28N2OS2/c1-4-5-6-13-15(18)17(14(16-13)11(2)3)9-12-10-19-7-8-20-12/h11-14,16H,4-10H2,1-3H3. The third-order valence-corrected chi connectivity index (χ3v) is 6.88. The maximum atomic E-state index is 12.6. The molecule has 2 rings (SSSR count). The van der Waals surface area contributed by atoms with Crippen molar-refractivity contribution in [2.45, 2.75) is 57.5 Å². The minimum absolute atomic E-state index is 0.0589. The third-order valence-electron chi connectivity index (χ3n) is 4.05. The number of hydrogen-bond donors (Lipinski definition) is 1. The summed E-state index contributed by atoms with van der Waals surface area (Å²) in [6.07, 6.45) is 3.52. The molecule has 3 nitrogen and oxygen atoms in total. The lowest BCUT2D eigenvalue weighted by Crippen LogP contribution is -2.45. The van der Waals surface area contributed by atoms with Crippen LogP contribution >= 0.6 is 23.5 Å². The smallest absolute Gasteiger partial charge is 0.241 e. The Bertz CT molecular complexity index is 319. The van der Waals surface area contributed by atoms with Crippen LogP contribution in [0.15, 0.2) is 0 Å². The maximum absolute atomic E-state index is 12.6. The Kier molecular flexibility index (Phi) is 6.56. The Balaban J connectivity index is 1.97. The van der Waals surface area contributed by atoms with Gasteiger partial charge in [0, 0.05) is 29.1 Å². The predicted molar refractivity (Wildman–Crippen MR) is 90.4 cm³/mol. The molecule has 0 radical (unpaired) electrons. The molecule has 2 aliphatic heterocycles. The second-order valence-electron chi connectivity index (χ2n) is 6.11. The molecular weight excluding hydrogens is 288 g/mol. The maximum Gasteiger partial charge on any atom is 0.241 e. The van der Waals surface area contributed by atoms with Gasteiger partial charge >= 0.3 is 0 Å². The fourth-order valence-electron chi connectivity index (χ4n) is 2.94. The molecule has 1 amide bonds. The van der Waals surface area contributed by atoms with E-state index in [2.05, 4.69) is 31.0 Å². The van der Waals surface area contributed by atoms with Crippen molar-refractivity contribution in [3.05, 3.63) is 0 Å². The lowest BCUT2D eigenvalue weighted by Gasteiger charge is -2.31. The van der Waals surface area contributed by atoms with E-state index in [0.717, 1.165) is 25.8 Å². The van der Waals surface area contributed by atoms with Crippen LogP contribution in [-0.2, 0) is 4.79 Å². The first kappa shape index (κ1) is 16.5. The molecule has 0 aromatic heterocycles. The van der Waals surface area contributed by atoms with Crippen LogP contribution in [0.3, 0.4) is 0 Å². The Morgan fingerprint density at radius 3 is 2.80 bits per heavy atom. The Morgan fingerprint density at radius 2 is 2.20 bits per heavy atom. The fraction of sp³-hybridized carbons (Fsp3) is 0.933. The zero-order valence-electron chi connectivity index (χ0n) is 12.9. The summed E-state index contributed by atoms with van der Waals surface area (Å²) in [4.78, 5) is 14.8. The molecule has 2 heterocycles. The van der Waals surface area contributed by atoms with Gasteiger partial charge in [-0.15, -0.1) is 0 Å². The molecule has 0 aromatic carbocycles. The number of carbonyl (C=O) groups is 1. The molecule has 0 aromatic rings. The van der Waals surface area contributed by atoms with E-state index in [4.69, 9.17) is 0 Å². The molecule has 0 bridgehead atoms. The topological polar surface area (TPSA) is 32.3 Å². The summed E-state index contributed by atoms with van der Waals surface area (Å²) in [6.45, 7) is 7.54. The molecule has 0 spiro atoms. The van der Waals surface area contributed by atoms with Crippen molar-refractivity contribution in [1.82, 2.24) is 10.2 Å². The van der Waals surface area contributed by atoms with Gasteiger partial charge in [0.05, 0.1) is 12.2 Å². The van der Waals surface area contributed by atoms with Gasteiger partial charge in [-0.3, -0.25) is 10.1 Å². The number of hydrogen-bond acceptors (Lipinski definition) is 4. The van der Waals surface area contributed by atoms with Gasteiger partial charge in [0.2, 0.25) is 5.91 Å². The van der Waals surface area contributed by atoms with E-state index in [0.29, 0.717) is 17.1 Å². The Hall–Kier alpha value is 0.130. The summed E-state index contributed by atoms with van der Waals surface area (Å²) in [7, 11) is 0. The largest absolute Gasteiger partial charge is 0.324 e. The number of amides is 1. The van der Waals surface area contributed by atoms with E-state index in [1.165, 1.54) is 17.3 Å². The number of carbonyl (C=O) groups excluding carboxylic acids is 1. The first-order valence-corrected chi connectivity index (χ1v) is 10.1. The Morgan fingerprint density at radius 1 is 1.40 bits per heavy atom. The van der Waals surface area contributed by atoms with Crippen molar-refractivity contribution in [2.75, 3.05) is 23.8 Å². The van der Waals surface area contributed by atoms with Gasteiger partial charge in [-0.25, -0.2) is 0 Å². The summed E-state index contributed by atoms with van der Waals surface area (Å²) < 4.78 is 0. The third kappa shape index (κ3) is 4.08. The monoisotopic (exact) mass is 316 g/mol. The van der Waals surface area contributed by atoms with E-state index in [9.17, 15) is 4.79 Å². The van der Waals surface area contributed by atoms with Gasteiger partial charge in [0.25, 0.3) is 0 Å². The second-order valence-corrected chi connectivity index (χ2v) is 8.67. The number of unbranched alkanes of at least 4 members (excludes halogenated alkanes) is 1. The Labute approximate surface area is 132 Å². The number of thioether (sulfide) groups is 2. The lowest BCUT2D eigenvalue weighted by atomic mass is 10.1.